The minimum atomic E-state index is 0.606. The van der Waals surface area contributed by atoms with Gasteiger partial charge in [0.1, 0.15) is 0 Å². The number of nitrogens with one attached hydrogen (secondary N) is 2. The summed E-state index contributed by atoms with van der Waals surface area (Å²) in [7, 11) is 0. The van der Waals surface area contributed by atoms with E-state index in [4.69, 9.17) is 0 Å². The number of rotatable bonds is 8. The Labute approximate surface area is 144 Å². The summed E-state index contributed by atoms with van der Waals surface area (Å²) in [6.07, 6.45) is 7.79. The molecule has 0 aliphatic rings. The van der Waals surface area contributed by atoms with Crippen LogP contribution in [0.2, 0.25) is 0 Å². The smallest absolute Gasteiger partial charge is 0.191 e. The van der Waals surface area contributed by atoms with Crippen LogP contribution in [-0.4, -0.2) is 33.8 Å². The molecule has 0 saturated heterocycles. The second kappa shape index (κ2) is 9.70. The molecule has 0 amide bonds. The van der Waals surface area contributed by atoms with Gasteiger partial charge in [0.25, 0.3) is 0 Å². The molecule has 0 fully saturated rings. The van der Waals surface area contributed by atoms with Crippen molar-refractivity contribution in [3.63, 3.8) is 0 Å². The SMILES string of the molecule is CCNC(=NCc1ccnc(-n2cccn2)c1)NCC(CC)CC. The Kier molecular flexibility index (Phi) is 7.26. The highest BCUT2D eigenvalue weighted by Gasteiger charge is 2.05. The molecule has 0 aliphatic heterocycles. The van der Waals surface area contributed by atoms with Crippen LogP contribution in [0.1, 0.15) is 39.2 Å². The monoisotopic (exact) mass is 328 g/mol. The predicted molar refractivity (Wildman–Crippen MR) is 98.2 cm³/mol. The maximum atomic E-state index is 4.68. The summed E-state index contributed by atoms with van der Waals surface area (Å²) >= 11 is 0. The maximum Gasteiger partial charge on any atom is 0.191 e. The first kappa shape index (κ1) is 18.0. The standard InChI is InChI=1S/C18H28N6/c1-4-15(5-2)13-21-18(19-6-3)22-14-16-8-10-20-17(12-16)24-11-7-9-23-24/h7-12,15H,4-6,13-14H2,1-3H3,(H2,19,21,22). The second-order valence-electron chi connectivity index (χ2n) is 5.73. The molecule has 2 heterocycles. The quantitative estimate of drug-likeness (QED) is 0.577. The highest BCUT2D eigenvalue weighted by molar-refractivity contribution is 5.79. The van der Waals surface area contributed by atoms with Gasteiger partial charge in [-0.3, -0.25) is 0 Å². The molecule has 0 radical (unpaired) electrons. The van der Waals surface area contributed by atoms with Crippen LogP contribution in [0.25, 0.3) is 5.82 Å². The van der Waals surface area contributed by atoms with Crippen LogP contribution in [0.15, 0.2) is 41.8 Å². The number of hydrogen-bond acceptors (Lipinski definition) is 3. The first-order valence-electron chi connectivity index (χ1n) is 8.73. The Bertz CT molecular complexity index is 616. The Morgan fingerprint density at radius 2 is 2.04 bits per heavy atom. The third-order valence-electron chi connectivity index (χ3n) is 4.03. The Morgan fingerprint density at radius 1 is 1.21 bits per heavy atom. The lowest BCUT2D eigenvalue weighted by Gasteiger charge is -2.16. The van der Waals surface area contributed by atoms with E-state index in [2.05, 4.69) is 46.5 Å². The van der Waals surface area contributed by atoms with E-state index in [1.165, 1.54) is 12.8 Å². The molecule has 2 rings (SSSR count). The number of aromatic nitrogens is 3. The summed E-state index contributed by atoms with van der Waals surface area (Å²) in [5, 5.41) is 11.0. The molecule has 0 atom stereocenters. The normalized spacial score (nSPS) is 11.8. The summed E-state index contributed by atoms with van der Waals surface area (Å²) in [5.74, 6) is 2.35. The zero-order chi connectivity index (χ0) is 17.2. The lowest BCUT2D eigenvalue weighted by Crippen LogP contribution is -2.39. The van der Waals surface area contributed by atoms with Crippen LogP contribution < -0.4 is 10.6 Å². The van der Waals surface area contributed by atoms with E-state index in [1.807, 2.05) is 24.4 Å². The molecule has 0 saturated carbocycles. The molecule has 130 valence electrons. The molecular weight excluding hydrogens is 300 g/mol. The molecule has 2 aromatic heterocycles. The molecule has 0 bridgehead atoms. The molecule has 2 N–H and O–H groups in total. The van der Waals surface area contributed by atoms with E-state index >= 15 is 0 Å². The van der Waals surface area contributed by atoms with E-state index in [0.717, 1.165) is 30.4 Å². The van der Waals surface area contributed by atoms with E-state index < -0.39 is 0 Å². The van der Waals surface area contributed by atoms with Gasteiger partial charge in [0.2, 0.25) is 0 Å². The van der Waals surface area contributed by atoms with Crippen molar-refractivity contribution in [1.82, 2.24) is 25.4 Å². The van der Waals surface area contributed by atoms with Crippen LogP contribution in [0.3, 0.4) is 0 Å². The number of pyridine rings is 1. The van der Waals surface area contributed by atoms with Crippen LogP contribution >= 0.6 is 0 Å². The number of aliphatic imine (C=N–C) groups is 1. The zero-order valence-electron chi connectivity index (χ0n) is 14.9. The average molecular weight is 328 g/mol. The summed E-state index contributed by atoms with van der Waals surface area (Å²) in [4.78, 5) is 9.03. The molecule has 6 nitrogen and oxygen atoms in total. The summed E-state index contributed by atoms with van der Waals surface area (Å²) in [5.41, 5.74) is 1.11. The van der Waals surface area contributed by atoms with E-state index in [1.54, 1.807) is 17.1 Å². The van der Waals surface area contributed by atoms with Crippen molar-refractivity contribution >= 4 is 5.96 Å². The first-order valence-corrected chi connectivity index (χ1v) is 8.73. The zero-order valence-corrected chi connectivity index (χ0v) is 14.9. The fraction of sp³-hybridized carbons (Fsp3) is 0.500. The van der Waals surface area contributed by atoms with Crippen molar-refractivity contribution in [3.05, 3.63) is 42.4 Å². The minimum absolute atomic E-state index is 0.606. The third-order valence-corrected chi connectivity index (χ3v) is 4.03. The highest BCUT2D eigenvalue weighted by atomic mass is 15.3. The van der Waals surface area contributed by atoms with Crippen molar-refractivity contribution in [3.8, 4) is 5.82 Å². The molecule has 0 unspecified atom stereocenters. The van der Waals surface area contributed by atoms with Gasteiger partial charge in [-0.25, -0.2) is 14.7 Å². The van der Waals surface area contributed by atoms with E-state index in [9.17, 15) is 0 Å². The van der Waals surface area contributed by atoms with Crippen molar-refractivity contribution in [2.24, 2.45) is 10.9 Å². The van der Waals surface area contributed by atoms with Gasteiger partial charge < -0.3 is 10.6 Å². The Morgan fingerprint density at radius 3 is 2.71 bits per heavy atom. The van der Waals surface area contributed by atoms with Gasteiger partial charge >= 0.3 is 0 Å². The van der Waals surface area contributed by atoms with Gasteiger partial charge in [0.15, 0.2) is 11.8 Å². The fourth-order valence-electron chi connectivity index (χ4n) is 2.42. The maximum absolute atomic E-state index is 4.68. The van der Waals surface area contributed by atoms with Gasteiger partial charge in [-0.2, -0.15) is 5.10 Å². The van der Waals surface area contributed by atoms with Gasteiger partial charge in [0, 0.05) is 31.7 Å². The molecular formula is C18H28N6. The van der Waals surface area contributed by atoms with Gasteiger partial charge in [-0.05, 0) is 36.6 Å². The number of guanidine groups is 1. The number of nitrogens with zero attached hydrogens (tertiary/aromatic N) is 4. The largest absolute Gasteiger partial charge is 0.357 e. The van der Waals surface area contributed by atoms with Crippen molar-refractivity contribution in [2.75, 3.05) is 13.1 Å². The number of hydrogen-bond donors (Lipinski definition) is 2. The van der Waals surface area contributed by atoms with Gasteiger partial charge in [-0.1, -0.05) is 26.7 Å². The summed E-state index contributed by atoms with van der Waals surface area (Å²) in [6, 6.07) is 5.89. The van der Waals surface area contributed by atoms with Gasteiger partial charge in [-0.15, -0.1) is 0 Å². The van der Waals surface area contributed by atoms with Gasteiger partial charge in [0.05, 0.1) is 6.54 Å². The summed E-state index contributed by atoms with van der Waals surface area (Å²) < 4.78 is 1.75. The lowest BCUT2D eigenvalue weighted by atomic mass is 10.0. The Balaban J connectivity index is 2.01. The molecule has 0 spiro atoms. The third kappa shape index (κ3) is 5.37. The fourth-order valence-corrected chi connectivity index (χ4v) is 2.42. The Hall–Kier alpha value is -2.37. The van der Waals surface area contributed by atoms with Crippen LogP contribution in [0.5, 0.6) is 0 Å². The van der Waals surface area contributed by atoms with Crippen LogP contribution in [0, 0.1) is 5.92 Å². The molecule has 0 aromatic carbocycles. The van der Waals surface area contributed by atoms with E-state index in [0.29, 0.717) is 12.5 Å². The average Bonchev–Trinajstić information content (AvgIpc) is 3.15. The highest BCUT2D eigenvalue weighted by Crippen LogP contribution is 2.08. The van der Waals surface area contributed by atoms with E-state index in [-0.39, 0.29) is 0 Å². The predicted octanol–water partition coefficient (Wildman–Crippen LogP) is 2.76. The second-order valence-corrected chi connectivity index (χ2v) is 5.73. The lowest BCUT2D eigenvalue weighted by molar-refractivity contribution is 0.481. The first-order chi connectivity index (χ1) is 11.8. The van der Waals surface area contributed by atoms with Crippen LogP contribution in [0.4, 0.5) is 0 Å². The molecule has 2 aromatic rings. The van der Waals surface area contributed by atoms with Crippen molar-refractivity contribution in [2.45, 2.75) is 40.2 Å². The molecule has 24 heavy (non-hydrogen) atoms. The summed E-state index contributed by atoms with van der Waals surface area (Å²) in [6.45, 7) is 8.95. The molecule has 6 heteroatoms. The topological polar surface area (TPSA) is 67.1 Å². The van der Waals surface area contributed by atoms with Crippen molar-refractivity contribution < 1.29 is 0 Å². The minimum Gasteiger partial charge on any atom is -0.357 e. The molecule has 0 aliphatic carbocycles. The van der Waals surface area contributed by atoms with Crippen molar-refractivity contribution in [1.29, 1.82) is 0 Å². The van der Waals surface area contributed by atoms with Crippen LogP contribution in [-0.2, 0) is 6.54 Å².